The molecule has 0 saturated carbocycles. The lowest BCUT2D eigenvalue weighted by atomic mass is 10.3. The van der Waals surface area contributed by atoms with E-state index < -0.39 is 6.36 Å². The SMILES string of the molecule is O=Cc1cccn1-c1cccc(OC(F)(F)F)c1. The fourth-order valence-electron chi connectivity index (χ4n) is 1.56. The van der Waals surface area contributed by atoms with Crippen molar-refractivity contribution in [3.63, 3.8) is 0 Å². The molecule has 3 nitrogen and oxygen atoms in total. The Morgan fingerprint density at radius 1 is 1.17 bits per heavy atom. The molecule has 2 rings (SSSR count). The first kappa shape index (κ1) is 12.2. The van der Waals surface area contributed by atoms with Crippen molar-refractivity contribution < 1.29 is 22.7 Å². The van der Waals surface area contributed by atoms with E-state index in [0.717, 1.165) is 0 Å². The molecule has 0 bridgehead atoms. The summed E-state index contributed by atoms with van der Waals surface area (Å²) in [5.41, 5.74) is 0.767. The summed E-state index contributed by atoms with van der Waals surface area (Å²) < 4.78 is 41.5. The molecule has 0 unspecified atom stereocenters. The van der Waals surface area contributed by atoms with Crippen LogP contribution in [0, 0.1) is 0 Å². The highest BCUT2D eigenvalue weighted by Crippen LogP contribution is 2.25. The summed E-state index contributed by atoms with van der Waals surface area (Å²) in [6.45, 7) is 0. The number of nitrogens with zero attached hydrogens (tertiary/aromatic N) is 1. The summed E-state index contributed by atoms with van der Waals surface area (Å²) in [4.78, 5) is 10.7. The predicted molar refractivity (Wildman–Crippen MR) is 57.8 cm³/mol. The second-order valence-corrected chi connectivity index (χ2v) is 3.47. The molecule has 0 atom stereocenters. The molecule has 0 N–H and O–H groups in total. The van der Waals surface area contributed by atoms with Gasteiger partial charge in [-0.05, 0) is 24.3 Å². The van der Waals surface area contributed by atoms with Crippen molar-refractivity contribution in [3.05, 3.63) is 48.3 Å². The molecule has 0 amide bonds. The van der Waals surface area contributed by atoms with Crippen molar-refractivity contribution in [1.29, 1.82) is 0 Å². The van der Waals surface area contributed by atoms with Crippen LogP contribution >= 0.6 is 0 Å². The Hall–Kier alpha value is -2.24. The van der Waals surface area contributed by atoms with E-state index in [2.05, 4.69) is 4.74 Å². The highest BCUT2D eigenvalue weighted by Gasteiger charge is 2.31. The zero-order chi connectivity index (χ0) is 13.2. The molecule has 0 fully saturated rings. The quantitative estimate of drug-likeness (QED) is 0.789. The normalized spacial score (nSPS) is 11.3. The van der Waals surface area contributed by atoms with Crippen LogP contribution in [0.25, 0.3) is 5.69 Å². The molecule has 1 aromatic carbocycles. The molecule has 0 spiro atoms. The van der Waals surface area contributed by atoms with Crippen LogP contribution in [0.2, 0.25) is 0 Å². The number of aromatic nitrogens is 1. The van der Waals surface area contributed by atoms with E-state index in [1.807, 2.05) is 0 Å². The van der Waals surface area contributed by atoms with E-state index in [0.29, 0.717) is 17.7 Å². The van der Waals surface area contributed by atoms with Gasteiger partial charge in [-0.1, -0.05) is 6.07 Å². The van der Waals surface area contributed by atoms with Crippen LogP contribution < -0.4 is 4.74 Å². The van der Waals surface area contributed by atoms with Gasteiger partial charge in [0.2, 0.25) is 0 Å². The van der Waals surface area contributed by atoms with Gasteiger partial charge >= 0.3 is 6.36 Å². The highest BCUT2D eigenvalue weighted by atomic mass is 19.4. The van der Waals surface area contributed by atoms with Gasteiger partial charge in [0.05, 0.1) is 5.69 Å². The molecule has 1 aromatic heterocycles. The van der Waals surface area contributed by atoms with E-state index in [1.165, 1.54) is 22.8 Å². The number of benzene rings is 1. The maximum absolute atomic E-state index is 12.1. The molecule has 2 aromatic rings. The van der Waals surface area contributed by atoms with Gasteiger partial charge < -0.3 is 9.30 Å². The minimum atomic E-state index is -4.73. The van der Waals surface area contributed by atoms with Gasteiger partial charge in [0.25, 0.3) is 0 Å². The van der Waals surface area contributed by atoms with Gasteiger partial charge in [0.15, 0.2) is 6.29 Å². The molecule has 0 radical (unpaired) electrons. The third-order valence-electron chi connectivity index (χ3n) is 2.23. The molecule has 0 aliphatic carbocycles. The smallest absolute Gasteiger partial charge is 0.406 e. The van der Waals surface area contributed by atoms with E-state index >= 15 is 0 Å². The molecule has 0 aliphatic rings. The average molecular weight is 255 g/mol. The second-order valence-electron chi connectivity index (χ2n) is 3.47. The average Bonchev–Trinajstić information content (AvgIpc) is 2.75. The summed E-state index contributed by atoms with van der Waals surface area (Å²) in [6.07, 6.45) is -2.53. The fraction of sp³-hybridized carbons (Fsp3) is 0.0833. The van der Waals surface area contributed by atoms with Gasteiger partial charge in [-0.3, -0.25) is 4.79 Å². The molecular formula is C12H8F3NO2. The zero-order valence-electron chi connectivity index (χ0n) is 9.02. The lowest BCUT2D eigenvalue weighted by Gasteiger charge is -2.11. The predicted octanol–water partition coefficient (Wildman–Crippen LogP) is 3.19. The third-order valence-corrected chi connectivity index (χ3v) is 2.23. The van der Waals surface area contributed by atoms with Crippen LogP contribution in [0.1, 0.15) is 10.5 Å². The fourth-order valence-corrected chi connectivity index (χ4v) is 1.56. The van der Waals surface area contributed by atoms with Gasteiger partial charge in [-0.25, -0.2) is 0 Å². The van der Waals surface area contributed by atoms with Crippen molar-refractivity contribution in [3.8, 4) is 11.4 Å². The Bertz CT molecular complexity index is 560. The van der Waals surface area contributed by atoms with Crippen molar-refractivity contribution in [1.82, 2.24) is 4.57 Å². The Labute approximate surface area is 100 Å². The van der Waals surface area contributed by atoms with Crippen LogP contribution in [0.4, 0.5) is 13.2 Å². The number of carbonyl (C=O) groups is 1. The Morgan fingerprint density at radius 3 is 2.61 bits per heavy atom. The maximum Gasteiger partial charge on any atom is 0.573 e. The van der Waals surface area contributed by atoms with Crippen LogP contribution in [0.15, 0.2) is 42.6 Å². The number of aldehydes is 1. The Kier molecular flexibility index (Phi) is 3.10. The van der Waals surface area contributed by atoms with Crippen molar-refractivity contribution in [2.45, 2.75) is 6.36 Å². The van der Waals surface area contributed by atoms with Gasteiger partial charge in [-0.2, -0.15) is 0 Å². The second kappa shape index (κ2) is 4.56. The summed E-state index contributed by atoms with van der Waals surface area (Å²) in [6, 6.07) is 8.59. The molecular weight excluding hydrogens is 247 g/mol. The lowest BCUT2D eigenvalue weighted by Crippen LogP contribution is -2.17. The van der Waals surface area contributed by atoms with E-state index in [9.17, 15) is 18.0 Å². The standard InChI is InChI=1S/C12H8F3NO2/c13-12(14,15)18-11-5-1-3-9(7-11)16-6-2-4-10(16)8-17/h1-8H. The number of alkyl halides is 3. The number of hydrogen-bond donors (Lipinski definition) is 0. The van der Waals surface area contributed by atoms with Crippen LogP contribution in [0.3, 0.4) is 0 Å². The molecule has 0 aliphatic heterocycles. The number of rotatable bonds is 3. The number of carbonyl (C=O) groups excluding carboxylic acids is 1. The minimum absolute atomic E-state index is 0.328. The largest absolute Gasteiger partial charge is 0.573 e. The summed E-state index contributed by atoms with van der Waals surface area (Å²) >= 11 is 0. The third kappa shape index (κ3) is 2.71. The van der Waals surface area contributed by atoms with Crippen LogP contribution in [-0.4, -0.2) is 17.2 Å². The summed E-state index contributed by atoms with van der Waals surface area (Å²) in [5.74, 6) is -0.328. The van der Waals surface area contributed by atoms with Gasteiger partial charge in [0, 0.05) is 18.0 Å². The first-order valence-corrected chi connectivity index (χ1v) is 4.98. The molecule has 18 heavy (non-hydrogen) atoms. The zero-order valence-corrected chi connectivity index (χ0v) is 9.02. The van der Waals surface area contributed by atoms with E-state index in [-0.39, 0.29) is 5.75 Å². The molecule has 1 heterocycles. The number of ether oxygens (including phenoxy) is 1. The van der Waals surface area contributed by atoms with Crippen molar-refractivity contribution >= 4 is 6.29 Å². The van der Waals surface area contributed by atoms with Gasteiger partial charge in [-0.15, -0.1) is 13.2 Å². The van der Waals surface area contributed by atoms with Crippen molar-refractivity contribution in [2.75, 3.05) is 0 Å². The summed E-state index contributed by atoms with van der Waals surface area (Å²) in [7, 11) is 0. The topological polar surface area (TPSA) is 31.2 Å². The Morgan fingerprint density at radius 2 is 1.94 bits per heavy atom. The number of halogens is 3. The highest BCUT2D eigenvalue weighted by molar-refractivity contribution is 5.73. The molecule has 6 heteroatoms. The maximum atomic E-state index is 12.1. The van der Waals surface area contributed by atoms with Crippen LogP contribution in [-0.2, 0) is 0 Å². The van der Waals surface area contributed by atoms with Gasteiger partial charge in [0.1, 0.15) is 5.75 Å². The lowest BCUT2D eigenvalue weighted by molar-refractivity contribution is -0.274. The first-order valence-electron chi connectivity index (χ1n) is 4.98. The molecule has 0 saturated heterocycles. The van der Waals surface area contributed by atoms with Crippen molar-refractivity contribution in [2.24, 2.45) is 0 Å². The van der Waals surface area contributed by atoms with E-state index in [1.54, 1.807) is 24.4 Å². The number of hydrogen-bond acceptors (Lipinski definition) is 2. The monoisotopic (exact) mass is 255 g/mol. The summed E-state index contributed by atoms with van der Waals surface area (Å²) in [5, 5.41) is 0. The first-order chi connectivity index (χ1) is 8.49. The van der Waals surface area contributed by atoms with Crippen LogP contribution in [0.5, 0.6) is 5.75 Å². The minimum Gasteiger partial charge on any atom is -0.406 e. The Balaban J connectivity index is 2.36. The molecule has 94 valence electrons. The van der Waals surface area contributed by atoms with E-state index in [4.69, 9.17) is 0 Å².